The van der Waals surface area contributed by atoms with Gasteiger partial charge in [0.2, 0.25) is 15.9 Å². The lowest BCUT2D eigenvalue weighted by Gasteiger charge is -2.34. The van der Waals surface area contributed by atoms with Crippen LogP contribution in [0.25, 0.3) is 0 Å². The van der Waals surface area contributed by atoms with E-state index in [0.717, 1.165) is 33.8 Å². The summed E-state index contributed by atoms with van der Waals surface area (Å²) in [6.07, 6.45) is -4.77. The molecule has 0 radical (unpaired) electrons. The number of nitrogens with one attached hydrogen (secondary N) is 1. The molecule has 0 aromatic heterocycles. The average molecular weight is 470 g/mol. The van der Waals surface area contributed by atoms with Crippen LogP contribution in [-0.4, -0.2) is 56.3 Å². The quantitative estimate of drug-likeness (QED) is 0.699. The Labute approximate surface area is 186 Å². The standard InChI is InChI=1S/C22H26F3N3O3S/c1-16(2)17-7-3-5-9-19(17)26-21(29)15-27-11-13-28(14-12-27)32(30,31)20-10-6-4-8-18(20)22(23,24)25/h3-10,16H,11-15H2,1-2H3,(H,26,29). The van der Waals surface area contributed by atoms with Crippen molar-refractivity contribution in [2.24, 2.45) is 0 Å². The number of anilines is 1. The first-order valence-corrected chi connectivity index (χ1v) is 11.7. The van der Waals surface area contributed by atoms with E-state index in [9.17, 15) is 26.4 Å². The van der Waals surface area contributed by atoms with Gasteiger partial charge in [0.1, 0.15) is 0 Å². The molecule has 2 aromatic rings. The highest BCUT2D eigenvalue weighted by Gasteiger charge is 2.39. The molecule has 174 valence electrons. The highest BCUT2D eigenvalue weighted by Crippen LogP contribution is 2.35. The summed E-state index contributed by atoms with van der Waals surface area (Å²) >= 11 is 0. The van der Waals surface area contributed by atoms with Crippen LogP contribution in [0.2, 0.25) is 0 Å². The lowest BCUT2D eigenvalue weighted by molar-refractivity contribution is -0.140. The fraction of sp³-hybridized carbons (Fsp3) is 0.409. The van der Waals surface area contributed by atoms with Crippen LogP contribution >= 0.6 is 0 Å². The highest BCUT2D eigenvalue weighted by molar-refractivity contribution is 7.89. The SMILES string of the molecule is CC(C)c1ccccc1NC(=O)CN1CCN(S(=O)(=O)c2ccccc2C(F)(F)F)CC1. The Morgan fingerprint density at radius 1 is 1.00 bits per heavy atom. The monoisotopic (exact) mass is 469 g/mol. The third kappa shape index (κ3) is 5.48. The summed E-state index contributed by atoms with van der Waals surface area (Å²) in [5, 5.41) is 2.89. The molecule has 0 bridgehead atoms. The van der Waals surface area contributed by atoms with Crippen LogP contribution in [0.1, 0.15) is 30.9 Å². The second-order valence-corrected chi connectivity index (χ2v) is 9.87. The number of nitrogens with zero attached hydrogens (tertiary/aromatic N) is 2. The summed E-state index contributed by atoms with van der Waals surface area (Å²) in [7, 11) is -4.31. The zero-order chi connectivity index (χ0) is 23.5. The van der Waals surface area contributed by atoms with Crippen molar-refractivity contribution < 1.29 is 26.4 Å². The lowest BCUT2D eigenvalue weighted by atomic mass is 10.0. The van der Waals surface area contributed by atoms with E-state index in [1.165, 1.54) is 6.07 Å². The van der Waals surface area contributed by atoms with Gasteiger partial charge in [-0.3, -0.25) is 9.69 Å². The van der Waals surface area contributed by atoms with Gasteiger partial charge in [-0.1, -0.05) is 44.2 Å². The largest absolute Gasteiger partial charge is 0.417 e. The van der Waals surface area contributed by atoms with Crippen molar-refractivity contribution >= 4 is 21.6 Å². The van der Waals surface area contributed by atoms with E-state index in [-0.39, 0.29) is 44.5 Å². The van der Waals surface area contributed by atoms with Gasteiger partial charge in [0.25, 0.3) is 0 Å². The van der Waals surface area contributed by atoms with Crippen molar-refractivity contribution in [3.05, 3.63) is 59.7 Å². The Hall–Kier alpha value is -2.43. The fourth-order valence-electron chi connectivity index (χ4n) is 3.70. The summed E-state index contributed by atoms with van der Waals surface area (Å²) < 4.78 is 66.6. The van der Waals surface area contributed by atoms with Crippen molar-refractivity contribution in [2.75, 3.05) is 38.0 Å². The Morgan fingerprint density at radius 2 is 1.59 bits per heavy atom. The van der Waals surface area contributed by atoms with Gasteiger partial charge in [-0.2, -0.15) is 17.5 Å². The molecule has 0 saturated carbocycles. The third-order valence-corrected chi connectivity index (χ3v) is 7.32. The predicted octanol–water partition coefficient (Wildman–Crippen LogP) is 3.77. The Bertz CT molecular complexity index is 1060. The second-order valence-electron chi connectivity index (χ2n) is 7.96. The zero-order valence-corrected chi connectivity index (χ0v) is 18.7. The van der Waals surface area contributed by atoms with E-state index in [0.29, 0.717) is 0 Å². The summed E-state index contributed by atoms with van der Waals surface area (Å²) in [6.45, 7) is 4.62. The van der Waals surface area contributed by atoms with Crippen molar-refractivity contribution in [2.45, 2.75) is 30.8 Å². The van der Waals surface area contributed by atoms with Crippen LogP contribution in [0, 0.1) is 0 Å². The van der Waals surface area contributed by atoms with E-state index in [1.807, 2.05) is 38.1 Å². The van der Waals surface area contributed by atoms with Gasteiger partial charge >= 0.3 is 6.18 Å². The Balaban J connectivity index is 1.63. The molecule has 0 unspecified atom stereocenters. The number of rotatable bonds is 6. The molecule has 0 spiro atoms. The van der Waals surface area contributed by atoms with E-state index >= 15 is 0 Å². The number of sulfonamides is 1. The summed E-state index contributed by atoms with van der Waals surface area (Å²) in [6, 6.07) is 11.7. The van der Waals surface area contributed by atoms with Crippen LogP contribution in [0.15, 0.2) is 53.4 Å². The molecule has 1 fully saturated rings. The number of hydrogen-bond donors (Lipinski definition) is 1. The van der Waals surface area contributed by atoms with Gasteiger partial charge in [0, 0.05) is 31.9 Å². The number of carbonyl (C=O) groups is 1. The molecule has 6 nitrogen and oxygen atoms in total. The van der Waals surface area contributed by atoms with Crippen molar-refractivity contribution in [3.63, 3.8) is 0 Å². The van der Waals surface area contributed by atoms with Gasteiger partial charge in [-0.15, -0.1) is 0 Å². The van der Waals surface area contributed by atoms with Gasteiger partial charge in [-0.05, 0) is 29.7 Å². The minimum Gasteiger partial charge on any atom is -0.325 e. The van der Waals surface area contributed by atoms with Crippen LogP contribution in [0.5, 0.6) is 0 Å². The summed E-state index contributed by atoms with van der Waals surface area (Å²) in [4.78, 5) is 13.5. The molecule has 2 aromatic carbocycles. The molecule has 0 aliphatic carbocycles. The van der Waals surface area contributed by atoms with Crippen LogP contribution in [-0.2, 0) is 21.0 Å². The topological polar surface area (TPSA) is 69.7 Å². The Morgan fingerprint density at radius 3 is 2.22 bits per heavy atom. The maximum absolute atomic E-state index is 13.3. The van der Waals surface area contributed by atoms with Gasteiger partial charge in [0.05, 0.1) is 17.0 Å². The number of benzene rings is 2. The first-order valence-electron chi connectivity index (χ1n) is 10.3. The fourth-order valence-corrected chi connectivity index (χ4v) is 5.33. The second kappa shape index (κ2) is 9.60. The summed E-state index contributed by atoms with van der Waals surface area (Å²) in [5.74, 6) is 0.0108. The van der Waals surface area contributed by atoms with Gasteiger partial charge in [-0.25, -0.2) is 8.42 Å². The number of carbonyl (C=O) groups excluding carboxylic acids is 1. The van der Waals surface area contributed by atoms with Gasteiger partial charge < -0.3 is 5.32 Å². The molecule has 1 N–H and O–H groups in total. The minimum atomic E-state index is -4.77. The smallest absolute Gasteiger partial charge is 0.325 e. The molecule has 1 heterocycles. The molecule has 1 aliphatic rings. The number of hydrogen-bond acceptors (Lipinski definition) is 4. The van der Waals surface area contributed by atoms with Gasteiger partial charge in [0.15, 0.2) is 0 Å². The molecule has 3 rings (SSSR count). The van der Waals surface area contributed by atoms with E-state index in [2.05, 4.69) is 5.32 Å². The Kier molecular flexibility index (Phi) is 7.26. The molecule has 1 saturated heterocycles. The first kappa shape index (κ1) is 24.2. The van der Waals surface area contributed by atoms with E-state index < -0.39 is 26.7 Å². The molecule has 1 aliphatic heterocycles. The van der Waals surface area contributed by atoms with E-state index in [4.69, 9.17) is 0 Å². The van der Waals surface area contributed by atoms with Crippen LogP contribution in [0.3, 0.4) is 0 Å². The van der Waals surface area contributed by atoms with Crippen molar-refractivity contribution in [3.8, 4) is 0 Å². The number of piperazine rings is 1. The number of alkyl halides is 3. The number of halogens is 3. The van der Waals surface area contributed by atoms with Crippen molar-refractivity contribution in [1.82, 2.24) is 9.21 Å². The molecule has 32 heavy (non-hydrogen) atoms. The molecular formula is C22H26F3N3O3S. The molecular weight excluding hydrogens is 443 g/mol. The third-order valence-electron chi connectivity index (χ3n) is 5.37. The van der Waals surface area contributed by atoms with Crippen LogP contribution < -0.4 is 5.32 Å². The number of para-hydroxylation sites is 1. The average Bonchev–Trinajstić information content (AvgIpc) is 2.73. The molecule has 10 heteroatoms. The van der Waals surface area contributed by atoms with Crippen molar-refractivity contribution in [1.29, 1.82) is 0 Å². The molecule has 1 amide bonds. The lowest BCUT2D eigenvalue weighted by Crippen LogP contribution is -2.50. The maximum Gasteiger partial charge on any atom is 0.417 e. The molecule has 0 atom stereocenters. The number of amides is 1. The summed E-state index contributed by atoms with van der Waals surface area (Å²) in [5.41, 5.74) is 0.572. The van der Waals surface area contributed by atoms with E-state index in [1.54, 1.807) is 4.90 Å². The van der Waals surface area contributed by atoms with Crippen LogP contribution in [0.4, 0.5) is 18.9 Å². The predicted molar refractivity (Wildman–Crippen MR) is 116 cm³/mol. The maximum atomic E-state index is 13.3. The highest BCUT2D eigenvalue weighted by atomic mass is 32.2. The first-order chi connectivity index (χ1) is 15.0. The normalized spacial score (nSPS) is 16.3. The zero-order valence-electron chi connectivity index (χ0n) is 17.9. The minimum absolute atomic E-state index is 0.00435.